The monoisotopic (exact) mass is 141 g/mol. The summed E-state index contributed by atoms with van der Waals surface area (Å²) in [7, 11) is 0. The molecule has 0 aromatic carbocycles. The average Bonchev–Trinajstić information content (AvgIpc) is 1.90. The predicted molar refractivity (Wildman–Crippen MR) is 38.3 cm³/mol. The molecule has 0 aliphatic rings. The lowest BCUT2D eigenvalue weighted by Gasteiger charge is -2.06. The van der Waals surface area contributed by atoms with Crippen molar-refractivity contribution >= 4 is 12.8 Å². The molecule has 0 N–H and O–H groups in total. The van der Waals surface area contributed by atoms with E-state index in [1.807, 2.05) is 6.92 Å². The van der Waals surface area contributed by atoms with E-state index in [2.05, 4.69) is 6.58 Å². The highest BCUT2D eigenvalue weighted by molar-refractivity contribution is 5.68. The Morgan fingerprint density at radius 3 is 2.30 bits per heavy atom. The summed E-state index contributed by atoms with van der Waals surface area (Å²) in [5.74, 6) is 0. The van der Waals surface area contributed by atoms with Crippen LogP contribution in [0.1, 0.15) is 13.3 Å². The molecule has 3 heteroatoms. The van der Waals surface area contributed by atoms with Crippen LogP contribution < -0.4 is 0 Å². The van der Waals surface area contributed by atoms with Gasteiger partial charge in [0.2, 0.25) is 12.8 Å². The Hall–Kier alpha value is -1.12. The largest absolute Gasteiger partial charge is 0.288 e. The van der Waals surface area contributed by atoms with Gasteiger partial charge in [0.1, 0.15) is 0 Å². The number of hydrogen-bond acceptors (Lipinski definition) is 2. The molecule has 0 aliphatic heterocycles. The van der Waals surface area contributed by atoms with Crippen LogP contribution in [0.4, 0.5) is 0 Å². The van der Waals surface area contributed by atoms with Crippen molar-refractivity contribution in [3.8, 4) is 0 Å². The molecule has 3 nitrogen and oxygen atoms in total. The topological polar surface area (TPSA) is 37.4 Å². The molecule has 0 rings (SSSR count). The molecule has 0 aromatic heterocycles. The van der Waals surface area contributed by atoms with E-state index in [1.165, 1.54) is 0 Å². The SMILES string of the molecule is C=C(C)CCN(C=O)C=O. The van der Waals surface area contributed by atoms with Gasteiger partial charge in [-0.3, -0.25) is 14.5 Å². The smallest absolute Gasteiger partial charge is 0.216 e. The molecule has 0 saturated carbocycles. The van der Waals surface area contributed by atoms with Gasteiger partial charge in [-0.05, 0) is 13.3 Å². The van der Waals surface area contributed by atoms with Crippen LogP contribution in [0.25, 0.3) is 0 Å². The molecule has 0 saturated heterocycles. The Morgan fingerprint density at radius 1 is 1.50 bits per heavy atom. The predicted octanol–water partition coefficient (Wildman–Crippen LogP) is 0.567. The van der Waals surface area contributed by atoms with Crippen LogP contribution >= 0.6 is 0 Å². The van der Waals surface area contributed by atoms with Crippen molar-refractivity contribution in [1.82, 2.24) is 4.90 Å². The molecule has 0 unspecified atom stereocenters. The third-order valence-corrected chi connectivity index (χ3v) is 1.07. The number of carbonyl (C=O) groups is 2. The summed E-state index contributed by atoms with van der Waals surface area (Å²) >= 11 is 0. The third-order valence-electron chi connectivity index (χ3n) is 1.07. The van der Waals surface area contributed by atoms with Gasteiger partial charge in [0, 0.05) is 6.54 Å². The lowest BCUT2D eigenvalue weighted by molar-refractivity contribution is -0.129. The standard InChI is InChI=1S/C7H11NO2/c1-7(2)3-4-8(5-9)6-10/h5-6H,1,3-4H2,2H3. The van der Waals surface area contributed by atoms with Gasteiger partial charge in [0.25, 0.3) is 0 Å². The second-order valence-corrected chi connectivity index (χ2v) is 2.16. The maximum Gasteiger partial charge on any atom is 0.216 e. The second kappa shape index (κ2) is 4.73. The molecule has 0 aliphatic carbocycles. The number of nitrogens with zero attached hydrogens (tertiary/aromatic N) is 1. The van der Waals surface area contributed by atoms with Crippen LogP contribution in [0.15, 0.2) is 12.2 Å². The van der Waals surface area contributed by atoms with Gasteiger partial charge in [-0.2, -0.15) is 0 Å². The van der Waals surface area contributed by atoms with Crippen LogP contribution in [-0.4, -0.2) is 24.3 Å². The van der Waals surface area contributed by atoms with Gasteiger partial charge in [-0.15, -0.1) is 6.58 Å². The van der Waals surface area contributed by atoms with Crippen LogP contribution in [0.2, 0.25) is 0 Å². The minimum atomic E-state index is 0.433. The number of hydrogen-bond donors (Lipinski definition) is 0. The van der Waals surface area contributed by atoms with E-state index in [1.54, 1.807) is 0 Å². The lowest BCUT2D eigenvalue weighted by atomic mass is 10.2. The summed E-state index contributed by atoms with van der Waals surface area (Å²) < 4.78 is 0. The Balaban J connectivity index is 3.54. The van der Waals surface area contributed by atoms with E-state index >= 15 is 0 Å². The van der Waals surface area contributed by atoms with Crippen LogP contribution in [0, 0.1) is 0 Å². The zero-order valence-corrected chi connectivity index (χ0v) is 6.04. The van der Waals surface area contributed by atoms with Crippen molar-refractivity contribution in [2.45, 2.75) is 13.3 Å². The highest BCUT2D eigenvalue weighted by Gasteiger charge is 1.96. The van der Waals surface area contributed by atoms with Crippen molar-refractivity contribution < 1.29 is 9.59 Å². The minimum Gasteiger partial charge on any atom is -0.288 e. The summed E-state index contributed by atoms with van der Waals surface area (Å²) in [4.78, 5) is 21.1. The number of rotatable bonds is 5. The summed E-state index contributed by atoms with van der Waals surface area (Å²) in [6.07, 6.45) is 1.70. The van der Waals surface area contributed by atoms with Gasteiger partial charge >= 0.3 is 0 Å². The normalized spacial score (nSPS) is 8.50. The fourth-order valence-electron chi connectivity index (χ4n) is 0.450. The number of imide groups is 1. The summed E-state index contributed by atoms with van der Waals surface area (Å²) in [6.45, 7) is 5.92. The van der Waals surface area contributed by atoms with E-state index in [0.717, 1.165) is 10.5 Å². The second-order valence-electron chi connectivity index (χ2n) is 2.16. The third kappa shape index (κ3) is 3.83. The first kappa shape index (κ1) is 8.88. The lowest BCUT2D eigenvalue weighted by Crippen LogP contribution is -2.20. The van der Waals surface area contributed by atoms with E-state index in [9.17, 15) is 9.59 Å². The first-order chi connectivity index (χ1) is 4.70. The Morgan fingerprint density at radius 2 is 2.00 bits per heavy atom. The van der Waals surface area contributed by atoms with E-state index < -0.39 is 0 Å². The zero-order valence-electron chi connectivity index (χ0n) is 6.04. The van der Waals surface area contributed by atoms with Crippen molar-refractivity contribution in [3.05, 3.63) is 12.2 Å². The Labute approximate surface area is 60.3 Å². The van der Waals surface area contributed by atoms with Gasteiger partial charge in [0.05, 0.1) is 0 Å². The van der Waals surface area contributed by atoms with E-state index in [-0.39, 0.29) is 0 Å². The molecule has 0 aromatic rings. The quantitative estimate of drug-likeness (QED) is 0.414. The van der Waals surface area contributed by atoms with Gasteiger partial charge in [0.15, 0.2) is 0 Å². The summed E-state index contributed by atoms with van der Waals surface area (Å²) in [5, 5.41) is 0. The molecule has 2 amide bonds. The fraction of sp³-hybridized carbons (Fsp3) is 0.429. The highest BCUT2D eigenvalue weighted by atomic mass is 16.2. The molecule has 10 heavy (non-hydrogen) atoms. The van der Waals surface area contributed by atoms with Crippen LogP contribution in [0.5, 0.6) is 0 Å². The minimum absolute atomic E-state index is 0.433. The van der Waals surface area contributed by atoms with Gasteiger partial charge < -0.3 is 0 Å². The molecule has 0 heterocycles. The Kier molecular flexibility index (Phi) is 4.20. The van der Waals surface area contributed by atoms with E-state index in [4.69, 9.17) is 0 Å². The molecule has 0 fully saturated rings. The molecule has 0 bridgehead atoms. The van der Waals surface area contributed by atoms with Gasteiger partial charge in [-0.1, -0.05) is 5.57 Å². The average molecular weight is 141 g/mol. The summed E-state index contributed by atoms with van der Waals surface area (Å²) in [6, 6.07) is 0. The van der Waals surface area contributed by atoms with Crippen LogP contribution in [-0.2, 0) is 9.59 Å². The zero-order chi connectivity index (χ0) is 7.98. The van der Waals surface area contributed by atoms with Crippen molar-refractivity contribution in [2.75, 3.05) is 6.54 Å². The molecular weight excluding hydrogens is 130 g/mol. The molecule has 0 atom stereocenters. The van der Waals surface area contributed by atoms with Crippen LogP contribution in [0.3, 0.4) is 0 Å². The maximum absolute atomic E-state index is 10.0. The van der Waals surface area contributed by atoms with Gasteiger partial charge in [-0.25, -0.2) is 0 Å². The molecule has 56 valence electrons. The Bertz CT molecular complexity index is 135. The molecular formula is C7H11NO2. The first-order valence-corrected chi connectivity index (χ1v) is 3.01. The number of carbonyl (C=O) groups excluding carboxylic acids is 2. The highest BCUT2D eigenvalue weighted by Crippen LogP contribution is 1.95. The number of amides is 2. The van der Waals surface area contributed by atoms with E-state index in [0.29, 0.717) is 25.8 Å². The van der Waals surface area contributed by atoms with Crippen molar-refractivity contribution in [2.24, 2.45) is 0 Å². The first-order valence-electron chi connectivity index (χ1n) is 3.01. The fourth-order valence-corrected chi connectivity index (χ4v) is 0.450. The van der Waals surface area contributed by atoms with Crippen molar-refractivity contribution in [3.63, 3.8) is 0 Å². The molecule has 0 spiro atoms. The summed E-state index contributed by atoms with van der Waals surface area (Å²) in [5.41, 5.74) is 0.966. The maximum atomic E-state index is 10.0. The van der Waals surface area contributed by atoms with Crippen molar-refractivity contribution in [1.29, 1.82) is 0 Å². The molecule has 0 radical (unpaired) electrons.